The Labute approximate surface area is 298 Å². The maximum Gasteiger partial charge on any atom is 0.260 e. The van der Waals surface area contributed by atoms with Crippen molar-refractivity contribution in [2.45, 2.75) is 53.4 Å². The molecule has 0 radical (unpaired) electrons. The van der Waals surface area contributed by atoms with Crippen LogP contribution < -0.4 is 19.7 Å². The fourth-order valence-corrected chi connectivity index (χ4v) is 6.36. The molecule has 2 aromatic carbocycles. The highest BCUT2D eigenvalue weighted by molar-refractivity contribution is 6.15. The standard InChI is InChI=1S/C40H56N4O6/c1-30(2)8-5-9-31(3)10-6-11-32(4)14-15-44-35-28-33(45)29-37(50-27-21-43-18-24-48-25-19-43)39(35)41-38-34(40(44)46)12-7-13-36(38)49-26-20-42-16-22-47-23-17-42/h7-8,10,12-14,28-29,41,45H,5-6,9,11,15-27H2,1-4H3. The Morgan fingerprint density at radius 1 is 0.800 bits per heavy atom. The third kappa shape index (κ3) is 10.8. The molecule has 3 aliphatic rings. The molecule has 0 aliphatic carbocycles. The Balaban J connectivity index is 1.37. The van der Waals surface area contributed by atoms with Crippen molar-refractivity contribution in [2.75, 3.05) is 95.7 Å². The minimum absolute atomic E-state index is 0.0343. The lowest BCUT2D eigenvalue weighted by molar-refractivity contribution is 0.0322. The normalized spacial score (nSPS) is 17.4. The van der Waals surface area contributed by atoms with Crippen LogP contribution in [0.1, 0.15) is 63.7 Å². The van der Waals surface area contributed by atoms with Crippen LogP contribution in [0.2, 0.25) is 0 Å². The van der Waals surface area contributed by atoms with Crippen molar-refractivity contribution < 1.29 is 28.8 Å². The molecular formula is C40H56N4O6. The zero-order chi connectivity index (χ0) is 35.3. The number of rotatable bonds is 16. The Morgan fingerprint density at radius 3 is 2.04 bits per heavy atom. The second-order valence-corrected chi connectivity index (χ2v) is 13.6. The fourth-order valence-electron chi connectivity index (χ4n) is 6.36. The summed E-state index contributed by atoms with van der Waals surface area (Å²) in [5, 5.41) is 14.5. The molecule has 5 rings (SSSR count). The van der Waals surface area contributed by atoms with Crippen molar-refractivity contribution in [1.29, 1.82) is 0 Å². The minimum atomic E-state index is -0.172. The van der Waals surface area contributed by atoms with E-state index in [0.29, 0.717) is 67.1 Å². The second kappa shape index (κ2) is 19.0. The van der Waals surface area contributed by atoms with Crippen molar-refractivity contribution in [3.63, 3.8) is 0 Å². The Hall–Kier alpha value is -3.83. The average Bonchev–Trinajstić information content (AvgIpc) is 3.22. The van der Waals surface area contributed by atoms with Gasteiger partial charge in [-0.2, -0.15) is 0 Å². The third-order valence-corrected chi connectivity index (χ3v) is 9.39. The van der Waals surface area contributed by atoms with Gasteiger partial charge in [0.1, 0.15) is 36.1 Å². The first-order valence-corrected chi connectivity index (χ1v) is 18.2. The molecule has 0 spiro atoms. The van der Waals surface area contributed by atoms with E-state index in [9.17, 15) is 9.90 Å². The van der Waals surface area contributed by atoms with Gasteiger partial charge < -0.3 is 34.3 Å². The predicted molar refractivity (Wildman–Crippen MR) is 200 cm³/mol. The van der Waals surface area contributed by atoms with Gasteiger partial charge >= 0.3 is 0 Å². The molecule has 50 heavy (non-hydrogen) atoms. The van der Waals surface area contributed by atoms with E-state index in [0.717, 1.165) is 78.2 Å². The first-order chi connectivity index (χ1) is 24.3. The summed E-state index contributed by atoms with van der Waals surface area (Å²) in [5.41, 5.74) is 6.24. The van der Waals surface area contributed by atoms with Crippen LogP contribution in [0.4, 0.5) is 17.1 Å². The summed E-state index contributed by atoms with van der Waals surface area (Å²) in [4.78, 5) is 20.8. The van der Waals surface area contributed by atoms with E-state index >= 15 is 0 Å². The van der Waals surface area contributed by atoms with Crippen molar-refractivity contribution in [3.05, 3.63) is 70.8 Å². The summed E-state index contributed by atoms with van der Waals surface area (Å²) in [7, 11) is 0. The van der Waals surface area contributed by atoms with Crippen molar-refractivity contribution >= 4 is 23.0 Å². The Bertz CT molecular complexity index is 1520. The number of phenolic OH excluding ortho intramolecular Hbond substituents is 1. The number of amides is 1. The lowest BCUT2D eigenvalue weighted by atomic mass is 10.1. The number of hydrogen-bond donors (Lipinski definition) is 2. The number of anilines is 3. The highest BCUT2D eigenvalue weighted by Gasteiger charge is 2.31. The molecule has 10 heteroatoms. The van der Waals surface area contributed by atoms with Crippen LogP contribution in [0.25, 0.3) is 0 Å². The van der Waals surface area contributed by atoms with Gasteiger partial charge in [0.15, 0.2) is 0 Å². The van der Waals surface area contributed by atoms with Crippen LogP contribution in [-0.2, 0) is 9.47 Å². The van der Waals surface area contributed by atoms with E-state index in [4.69, 9.17) is 18.9 Å². The smallest absolute Gasteiger partial charge is 0.260 e. The summed E-state index contributed by atoms with van der Waals surface area (Å²) in [5.74, 6) is 0.945. The number of allylic oxidation sites excluding steroid dienone is 5. The zero-order valence-electron chi connectivity index (χ0n) is 30.5. The van der Waals surface area contributed by atoms with E-state index < -0.39 is 0 Å². The van der Waals surface area contributed by atoms with E-state index in [1.54, 1.807) is 17.0 Å². The molecule has 0 saturated carbocycles. The van der Waals surface area contributed by atoms with Crippen LogP contribution >= 0.6 is 0 Å². The number of hydrogen-bond acceptors (Lipinski definition) is 9. The fraction of sp³-hybridized carbons (Fsp3) is 0.525. The highest BCUT2D eigenvalue weighted by atomic mass is 16.5. The lowest BCUT2D eigenvalue weighted by Gasteiger charge is -2.27. The second-order valence-electron chi connectivity index (χ2n) is 13.6. The molecule has 3 heterocycles. The number of benzene rings is 2. The van der Waals surface area contributed by atoms with Crippen molar-refractivity contribution in [2.24, 2.45) is 0 Å². The van der Waals surface area contributed by atoms with Gasteiger partial charge in [-0.05, 0) is 65.5 Å². The summed E-state index contributed by atoms with van der Waals surface area (Å²) < 4.78 is 23.7. The number of nitrogens with zero attached hydrogens (tertiary/aromatic N) is 3. The molecule has 2 N–H and O–H groups in total. The van der Waals surface area contributed by atoms with Gasteiger partial charge in [0.2, 0.25) is 0 Å². The summed E-state index contributed by atoms with van der Waals surface area (Å²) >= 11 is 0. The molecule has 2 saturated heterocycles. The number of morpholine rings is 2. The van der Waals surface area contributed by atoms with E-state index in [-0.39, 0.29) is 11.7 Å². The van der Waals surface area contributed by atoms with Gasteiger partial charge in [0.25, 0.3) is 5.91 Å². The largest absolute Gasteiger partial charge is 0.508 e. The van der Waals surface area contributed by atoms with Crippen LogP contribution in [0.5, 0.6) is 17.2 Å². The molecule has 0 unspecified atom stereocenters. The molecule has 2 aromatic rings. The number of aromatic hydroxyl groups is 1. The maximum atomic E-state index is 14.4. The van der Waals surface area contributed by atoms with Gasteiger partial charge in [-0.25, -0.2) is 0 Å². The maximum absolute atomic E-state index is 14.4. The van der Waals surface area contributed by atoms with E-state index in [2.05, 4.69) is 61.0 Å². The SMILES string of the molecule is CC(C)=CCCC(C)=CCCC(C)=CCN1C(=O)c2cccc(OCCN3CCOCC3)c2Nc2c(OCCN3CCOCC3)cc(O)cc21. The minimum Gasteiger partial charge on any atom is -0.508 e. The molecule has 0 aromatic heterocycles. The molecule has 0 bridgehead atoms. The number of carbonyl (C=O) groups is 1. The molecule has 272 valence electrons. The molecule has 2 fully saturated rings. The van der Waals surface area contributed by atoms with E-state index in [1.165, 1.54) is 16.7 Å². The van der Waals surface area contributed by atoms with Crippen LogP contribution in [0.3, 0.4) is 0 Å². The highest BCUT2D eigenvalue weighted by Crippen LogP contribution is 2.46. The average molecular weight is 689 g/mol. The monoisotopic (exact) mass is 688 g/mol. The van der Waals surface area contributed by atoms with Crippen LogP contribution in [-0.4, -0.2) is 106 Å². The zero-order valence-corrected chi connectivity index (χ0v) is 30.5. The van der Waals surface area contributed by atoms with Gasteiger partial charge in [0, 0.05) is 57.9 Å². The van der Waals surface area contributed by atoms with Gasteiger partial charge in [-0.15, -0.1) is 0 Å². The molecule has 0 atom stereocenters. The Morgan fingerprint density at radius 2 is 1.40 bits per heavy atom. The third-order valence-electron chi connectivity index (χ3n) is 9.39. The van der Waals surface area contributed by atoms with Crippen LogP contribution in [0, 0.1) is 0 Å². The van der Waals surface area contributed by atoms with Crippen molar-refractivity contribution in [1.82, 2.24) is 9.80 Å². The van der Waals surface area contributed by atoms with Crippen molar-refractivity contribution in [3.8, 4) is 17.2 Å². The van der Waals surface area contributed by atoms with Gasteiger partial charge in [0.05, 0.1) is 43.4 Å². The summed E-state index contributed by atoms with van der Waals surface area (Å²) in [6.45, 7) is 17.7. The molecule has 1 amide bonds. The number of para-hydroxylation sites is 1. The predicted octanol–water partition coefficient (Wildman–Crippen LogP) is 6.94. The molecule has 3 aliphatic heterocycles. The first-order valence-electron chi connectivity index (χ1n) is 18.2. The lowest BCUT2D eigenvalue weighted by Crippen LogP contribution is -2.38. The van der Waals surface area contributed by atoms with Crippen LogP contribution in [0.15, 0.2) is 65.3 Å². The first kappa shape index (κ1) is 37.4. The summed E-state index contributed by atoms with van der Waals surface area (Å²) in [6.07, 6.45) is 10.7. The molecule has 10 nitrogen and oxygen atoms in total. The number of ether oxygens (including phenoxy) is 4. The van der Waals surface area contributed by atoms with E-state index in [1.807, 2.05) is 18.2 Å². The number of nitrogens with one attached hydrogen (secondary N) is 1. The Kier molecular flexibility index (Phi) is 14.2. The summed E-state index contributed by atoms with van der Waals surface area (Å²) in [6, 6.07) is 8.85. The van der Waals surface area contributed by atoms with Gasteiger partial charge in [-0.3, -0.25) is 14.6 Å². The topological polar surface area (TPSA) is 96.0 Å². The molecular weight excluding hydrogens is 632 g/mol. The van der Waals surface area contributed by atoms with Gasteiger partial charge in [-0.1, -0.05) is 41.0 Å². The number of phenols is 1. The number of fused-ring (bicyclic) bond motifs is 2. The quantitative estimate of drug-likeness (QED) is 0.144. The number of carbonyl (C=O) groups excluding carboxylic acids is 1.